The van der Waals surface area contributed by atoms with E-state index in [0.717, 1.165) is 22.9 Å². The number of rotatable bonds is 5. The molecule has 0 N–H and O–H groups in total. The van der Waals surface area contributed by atoms with Crippen LogP contribution in [0.2, 0.25) is 0 Å². The van der Waals surface area contributed by atoms with Gasteiger partial charge in [-0.15, -0.1) is 0 Å². The minimum absolute atomic E-state index is 0.170. The number of carbonyl (C=O) groups excluding carboxylic acids is 1. The van der Waals surface area contributed by atoms with Crippen LogP contribution >= 0.6 is 15.9 Å². The summed E-state index contributed by atoms with van der Waals surface area (Å²) in [5, 5.41) is 0. The highest BCUT2D eigenvalue weighted by molar-refractivity contribution is 9.10. The van der Waals surface area contributed by atoms with Crippen LogP contribution < -0.4 is 0 Å². The van der Waals surface area contributed by atoms with Gasteiger partial charge in [-0.05, 0) is 46.8 Å². The van der Waals surface area contributed by atoms with Crippen LogP contribution in [0.1, 0.15) is 31.2 Å². The van der Waals surface area contributed by atoms with Gasteiger partial charge in [0.05, 0.1) is 5.60 Å². The molecule has 1 aromatic rings. The Kier molecular flexibility index (Phi) is 3.94. The second kappa shape index (κ2) is 5.27. The molecule has 1 fully saturated rings. The van der Waals surface area contributed by atoms with Crippen molar-refractivity contribution in [3.63, 3.8) is 0 Å². The third-order valence-corrected chi connectivity index (χ3v) is 3.81. The molecule has 0 aromatic carbocycles. The van der Waals surface area contributed by atoms with Gasteiger partial charge in [0.15, 0.2) is 0 Å². The lowest BCUT2D eigenvalue weighted by Crippen LogP contribution is -2.41. The minimum atomic E-state index is -0.170. The summed E-state index contributed by atoms with van der Waals surface area (Å²) in [5.41, 5.74) is 0.784. The summed E-state index contributed by atoms with van der Waals surface area (Å²) in [6.45, 7) is 0. The fourth-order valence-corrected chi connectivity index (χ4v) is 2.64. The number of aromatic nitrogens is 1. The number of nitrogens with zero attached hydrogens (tertiary/aromatic N) is 1. The average Bonchev–Trinajstić information content (AvgIpc) is 2.23. The zero-order valence-electron chi connectivity index (χ0n) is 9.91. The first-order valence-electron chi connectivity index (χ1n) is 5.80. The maximum atomic E-state index is 12.0. The van der Waals surface area contributed by atoms with Crippen LogP contribution in [0.15, 0.2) is 22.9 Å². The van der Waals surface area contributed by atoms with E-state index in [9.17, 15) is 4.79 Å². The van der Waals surface area contributed by atoms with Crippen LogP contribution in [0, 0.1) is 0 Å². The maximum Gasteiger partial charge on any atom is 0.140 e. The van der Waals surface area contributed by atoms with Crippen molar-refractivity contribution in [1.82, 2.24) is 4.98 Å². The van der Waals surface area contributed by atoms with E-state index >= 15 is 0 Å². The summed E-state index contributed by atoms with van der Waals surface area (Å²) in [6.07, 6.45) is 7.60. The molecule has 0 aliphatic heterocycles. The van der Waals surface area contributed by atoms with Crippen molar-refractivity contribution in [2.75, 3.05) is 7.11 Å². The number of pyridine rings is 1. The Bertz CT molecular complexity index is 410. The summed E-state index contributed by atoms with van der Waals surface area (Å²) in [6, 6.07) is 1.94. The zero-order valence-corrected chi connectivity index (χ0v) is 11.5. The molecule has 1 aliphatic rings. The van der Waals surface area contributed by atoms with Gasteiger partial charge in [0.2, 0.25) is 0 Å². The number of carbonyl (C=O) groups is 1. The summed E-state index contributed by atoms with van der Waals surface area (Å²) in [4.78, 5) is 16.0. The van der Waals surface area contributed by atoms with Crippen LogP contribution in [-0.2, 0) is 16.0 Å². The van der Waals surface area contributed by atoms with Gasteiger partial charge < -0.3 is 4.74 Å². The zero-order chi connectivity index (χ0) is 12.3. The molecule has 2 rings (SSSR count). The number of ether oxygens (including phenoxy) is 1. The first kappa shape index (κ1) is 12.7. The van der Waals surface area contributed by atoms with Gasteiger partial charge in [-0.25, -0.2) is 0 Å². The number of Topliss-reactive ketones (excluding diaryl/α,β-unsaturated/α-hetero) is 1. The van der Waals surface area contributed by atoms with E-state index in [-0.39, 0.29) is 11.4 Å². The highest BCUT2D eigenvalue weighted by atomic mass is 79.9. The van der Waals surface area contributed by atoms with E-state index in [4.69, 9.17) is 4.74 Å². The van der Waals surface area contributed by atoms with Crippen LogP contribution in [0.3, 0.4) is 0 Å². The third-order valence-electron chi connectivity index (χ3n) is 3.38. The largest absolute Gasteiger partial charge is 0.378 e. The molecule has 0 saturated heterocycles. The quantitative estimate of drug-likeness (QED) is 0.839. The lowest BCUT2D eigenvalue weighted by Gasteiger charge is -2.40. The fourth-order valence-electron chi connectivity index (χ4n) is 2.23. The van der Waals surface area contributed by atoms with E-state index < -0.39 is 0 Å². The molecule has 0 amide bonds. The molecule has 0 unspecified atom stereocenters. The number of hydrogen-bond acceptors (Lipinski definition) is 3. The Labute approximate surface area is 110 Å². The topological polar surface area (TPSA) is 39.2 Å². The van der Waals surface area contributed by atoms with E-state index in [1.807, 2.05) is 6.07 Å². The smallest absolute Gasteiger partial charge is 0.140 e. The molecule has 3 nitrogen and oxygen atoms in total. The molecule has 0 atom stereocenters. The van der Waals surface area contributed by atoms with Gasteiger partial charge in [0.25, 0.3) is 0 Å². The van der Waals surface area contributed by atoms with Crippen LogP contribution in [-0.4, -0.2) is 23.5 Å². The van der Waals surface area contributed by atoms with E-state index in [2.05, 4.69) is 20.9 Å². The Morgan fingerprint density at radius 2 is 2.29 bits per heavy atom. The first-order valence-corrected chi connectivity index (χ1v) is 6.59. The minimum Gasteiger partial charge on any atom is -0.378 e. The summed E-state index contributed by atoms with van der Waals surface area (Å²) >= 11 is 3.35. The van der Waals surface area contributed by atoms with Gasteiger partial charge in [0.1, 0.15) is 5.78 Å². The molecule has 0 spiro atoms. The van der Waals surface area contributed by atoms with E-state index in [0.29, 0.717) is 12.8 Å². The molecule has 4 heteroatoms. The van der Waals surface area contributed by atoms with Crippen molar-refractivity contribution in [2.45, 2.75) is 37.7 Å². The van der Waals surface area contributed by atoms with Gasteiger partial charge >= 0.3 is 0 Å². The number of ketones is 1. The van der Waals surface area contributed by atoms with Gasteiger partial charge in [-0.2, -0.15) is 0 Å². The average molecular weight is 298 g/mol. The monoisotopic (exact) mass is 297 g/mol. The van der Waals surface area contributed by atoms with Crippen molar-refractivity contribution in [3.05, 3.63) is 28.5 Å². The first-order chi connectivity index (χ1) is 8.13. The molecule has 17 heavy (non-hydrogen) atoms. The highest BCUT2D eigenvalue weighted by Gasteiger charge is 2.38. The maximum absolute atomic E-state index is 12.0. The SMILES string of the molecule is COC1(CC(=O)Cc2cncc(Br)c2)CCC1. The number of hydrogen-bond donors (Lipinski definition) is 0. The van der Waals surface area contributed by atoms with Crippen LogP contribution in [0.5, 0.6) is 0 Å². The van der Waals surface area contributed by atoms with Crippen molar-refractivity contribution in [1.29, 1.82) is 0 Å². The summed E-state index contributed by atoms with van der Waals surface area (Å²) < 4.78 is 6.37. The van der Waals surface area contributed by atoms with Crippen molar-refractivity contribution in [2.24, 2.45) is 0 Å². The molecule has 1 aromatic heterocycles. The fraction of sp³-hybridized carbons (Fsp3) is 0.538. The molecular formula is C13H16BrNO2. The third kappa shape index (κ3) is 3.13. The predicted octanol–water partition coefficient (Wildman–Crippen LogP) is 2.91. The molecule has 0 bridgehead atoms. The number of halogens is 1. The van der Waals surface area contributed by atoms with Gasteiger partial charge in [-0.1, -0.05) is 0 Å². The normalized spacial score (nSPS) is 17.5. The Morgan fingerprint density at radius 3 is 2.82 bits per heavy atom. The molecular weight excluding hydrogens is 282 g/mol. The van der Waals surface area contributed by atoms with E-state index in [1.165, 1.54) is 6.42 Å². The Balaban J connectivity index is 1.93. The van der Waals surface area contributed by atoms with Gasteiger partial charge in [-0.3, -0.25) is 9.78 Å². The highest BCUT2D eigenvalue weighted by Crippen LogP contribution is 2.38. The molecule has 1 saturated carbocycles. The predicted molar refractivity (Wildman–Crippen MR) is 68.9 cm³/mol. The molecule has 1 heterocycles. The van der Waals surface area contributed by atoms with Crippen molar-refractivity contribution >= 4 is 21.7 Å². The molecule has 1 aliphatic carbocycles. The van der Waals surface area contributed by atoms with Crippen LogP contribution in [0.25, 0.3) is 0 Å². The molecule has 0 radical (unpaired) electrons. The Morgan fingerprint density at radius 1 is 1.53 bits per heavy atom. The molecule has 92 valence electrons. The Hall–Kier alpha value is -0.740. The van der Waals surface area contributed by atoms with E-state index in [1.54, 1.807) is 19.5 Å². The van der Waals surface area contributed by atoms with Gasteiger partial charge in [0, 0.05) is 36.8 Å². The second-order valence-electron chi connectivity index (χ2n) is 4.64. The van der Waals surface area contributed by atoms with Crippen LogP contribution in [0.4, 0.5) is 0 Å². The second-order valence-corrected chi connectivity index (χ2v) is 5.56. The summed E-state index contributed by atoms with van der Waals surface area (Å²) in [7, 11) is 1.70. The number of methoxy groups -OCH3 is 1. The van der Waals surface area contributed by atoms with Crippen molar-refractivity contribution in [3.8, 4) is 0 Å². The standard InChI is InChI=1S/C13H16BrNO2/c1-17-13(3-2-4-13)7-12(16)6-10-5-11(14)9-15-8-10/h5,8-9H,2-4,6-7H2,1H3. The van der Waals surface area contributed by atoms with Crippen molar-refractivity contribution < 1.29 is 9.53 Å². The summed E-state index contributed by atoms with van der Waals surface area (Å²) in [5.74, 6) is 0.228. The lowest BCUT2D eigenvalue weighted by molar-refractivity contribution is -0.131. The lowest BCUT2D eigenvalue weighted by atomic mass is 9.76.